The second kappa shape index (κ2) is 24.5. The number of esters is 2. The van der Waals surface area contributed by atoms with Gasteiger partial charge in [0.1, 0.15) is 23.0 Å². The van der Waals surface area contributed by atoms with Crippen LogP contribution in [0.2, 0.25) is 0 Å². The van der Waals surface area contributed by atoms with E-state index < -0.39 is 0 Å². The van der Waals surface area contributed by atoms with Crippen LogP contribution >= 0.6 is 0 Å². The second-order valence-corrected chi connectivity index (χ2v) is 15.1. The van der Waals surface area contributed by atoms with Crippen molar-refractivity contribution in [3.63, 3.8) is 0 Å². The summed E-state index contributed by atoms with van der Waals surface area (Å²) < 4.78 is 23.3. The van der Waals surface area contributed by atoms with Gasteiger partial charge in [-0.3, -0.25) is 9.59 Å². The fourth-order valence-corrected chi connectivity index (χ4v) is 6.54. The number of benzene rings is 6. The number of ether oxygens (including phenoxy) is 4. The minimum atomic E-state index is -0.370. The van der Waals surface area contributed by atoms with Crippen LogP contribution in [0.15, 0.2) is 154 Å². The Balaban J connectivity index is 0.874. The zero-order valence-electron chi connectivity index (χ0n) is 35.8. The summed E-state index contributed by atoms with van der Waals surface area (Å²) in [5, 5.41) is 18.9. The van der Waals surface area contributed by atoms with Gasteiger partial charge in [0.25, 0.3) is 0 Å². The van der Waals surface area contributed by atoms with E-state index in [9.17, 15) is 9.59 Å². The van der Waals surface area contributed by atoms with Gasteiger partial charge in [-0.05, 0) is 147 Å². The predicted octanol–water partition coefficient (Wildman–Crippen LogP) is 14.7. The summed E-state index contributed by atoms with van der Waals surface area (Å²) in [5.41, 5.74) is 5.73. The van der Waals surface area contributed by atoms with Gasteiger partial charge in [0, 0.05) is 24.3 Å². The Morgan fingerprint density at radius 2 is 0.887 bits per heavy atom. The molecule has 0 spiro atoms. The van der Waals surface area contributed by atoms with Gasteiger partial charge in [0.15, 0.2) is 0 Å². The molecule has 320 valence electrons. The molecule has 6 rings (SSSR count). The number of fused-ring (bicyclic) bond motifs is 1. The highest BCUT2D eigenvalue weighted by Gasteiger charge is 2.13. The molecule has 6 aromatic rings. The summed E-state index contributed by atoms with van der Waals surface area (Å²) in [4.78, 5) is 25.7. The van der Waals surface area contributed by atoms with Gasteiger partial charge in [-0.1, -0.05) is 75.2 Å². The molecule has 0 heterocycles. The zero-order chi connectivity index (χ0) is 43.2. The molecule has 0 aromatic heterocycles. The lowest BCUT2D eigenvalue weighted by Crippen LogP contribution is -2.11. The quantitative estimate of drug-likeness (QED) is 0.0259. The Bertz CT molecular complexity index is 2360. The minimum absolute atomic E-state index is 0.214. The molecule has 10 nitrogen and oxygen atoms in total. The third-order valence-electron chi connectivity index (χ3n) is 10.1. The first-order chi connectivity index (χ1) is 30.4. The first kappa shape index (κ1) is 44.9. The van der Waals surface area contributed by atoms with E-state index in [0.29, 0.717) is 50.4 Å². The fourth-order valence-electron chi connectivity index (χ4n) is 6.54. The van der Waals surface area contributed by atoms with E-state index in [1.54, 1.807) is 12.1 Å². The summed E-state index contributed by atoms with van der Waals surface area (Å²) in [6.45, 7) is 5.30. The topological polar surface area (TPSA) is 121 Å². The van der Waals surface area contributed by atoms with E-state index in [4.69, 9.17) is 18.9 Å². The van der Waals surface area contributed by atoms with Gasteiger partial charge in [0.05, 0.1) is 36.0 Å². The number of nitrogens with zero attached hydrogens (tertiary/aromatic N) is 4. The van der Waals surface area contributed by atoms with Crippen molar-refractivity contribution < 1.29 is 28.5 Å². The van der Waals surface area contributed by atoms with Crippen LogP contribution in [0.3, 0.4) is 0 Å². The monoisotopic (exact) mass is 832 g/mol. The van der Waals surface area contributed by atoms with Crippen molar-refractivity contribution in [3.8, 4) is 23.0 Å². The van der Waals surface area contributed by atoms with Gasteiger partial charge in [0.2, 0.25) is 0 Å². The molecule has 6 aromatic carbocycles. The lowest BCUT2D eigenvalue weighted by molar-refractivity contribution is -0.135. The molecular formula is C52H56N4O6. The van der Waals surface area contributed by atoms with Crippen molar-refractivity contribution in [1.82, 2.24) is 0 Å². The van der Waals surface area contributed by atoms with Crippen molar-refractivity contribution in [1.29, 1.82) is 0 Å². The van der Waals surface area contributed by atoms with Gasteiger partial charge in [-0.25, -0.2) is 0 Å². The third-order valence-corrected chi connectivity index (χ3v) is 10.1. The van der Waals surface area contributed by atoms with Crippen LogP contribution in [0.5, 0.6) is 23.0 Å². The van der Waals surface area contributed by atoms with Crippen LogP contribution in [0.4, 0.5) is 22.7 Å². The van der Waals surface area contributed by atoms with Gasteiger partial charge >= 0.3 is 11.9 Å². The van der Waals surface area contributed by atoms with Gasteiger partial charge in [-0.2, -0.15) is 20.5 Å². The molecular weight excluding hydrogens is 777 g/mol. The molecule has 0 N–H and O–H groups in total. The van der Waals surface area contributed by atoms with Crippen LogP contribution in [0.1, 0.15) is 89.2 Å². The van der Waals surface area contributed by atoms with E-state index in [0.717, 1.165) is 57.9 Å². The van der Waals surface area contributed by atoms with Crippen LogP contribution < -0.4 is 18.9 Å². The molecule has 0 atom stereocenters. The highest BCUT2D eigenvalue weighted by atomic mass is 16.5. The lowest BCUT2D eigenvalue weighted by atomic mass is 10.1. The Labute approximate surface area is 365 Å². The molecule has 0 saturated carbocycles. The highest BCUT2D eigenvalue weighted by molar-refractivity contribution is 5.92. The number of unbranched alkanes of at least 4 members (excludes halogenated alkanes) is 4. The van der Waals surface area contributed by atoms with E-state index >= 15 is 0 Å². The molecule has 0 saturated heterocycles. The highest BCUT2D eigenvalue weighted by Crippen LogP contribution is 2.32. The average Bonchev–Trinajstić information content (AvgIpc) is 3.30. The lowest BCUT2D eigenvalue weighted by Gasteiger charge is -2.12. The minimum Gasteiger partial charge on any atom is -0.494 e. The van der Waals surface area contributed by atoms with Gasteiger partial charge in [-0.15, -0.1) is 0 Å². The maximum atomic E-state index is 12.9. The number of hydrogen-bond acceptors (Lipinski definition) is 10. The molecule has 0 aliphatic carbocycles. The summed E-state index contributed by atoms with van der Waals surface area (Å²) >= 11 is 0. The van der Waals surface area contributed by atoms with Crippen molar-refractivity contribution in [2.24, 2.45) is 20.5 Å². The van der Waals surface area contributed by atoms with E-state index in [2.05, 4.69) is 58.6 Å². The smallest absolute Gasteiger partial charge is 0.311 e. The van der Waals surface area contributed by atoms with Crippen LogP contribution in [0.25, 0.3) is 10.8 Å². The number of carbonyl (C=O) groups is 2. The molecule has 0 amide bonds. The molecule has 10 heteroatoms. The van der Waals surface area contributed by atoms with Crippen molar-refractivity contribution >= 4 is 45.5 Å². The molecule has 0 fully saturated rings. The van der Waals surface area contributed by atoms with E-state index in [1.807, 2.05) is 97.1 Å². The van der Waals surface area contributed by atoms with Crippen LogP contribution in [-0.2, 0) is 22.4 Å². The first-order valence-electron chi connectivity index (χ1n) is 21.9. The maximum absolute atomic E-state index is 12.9. The van der Waals surface area contributed by atoms with Crippen LogP contribution in [0, 0.1) is 0 Å². The second-order valence-electron chi connectivity index (χ2n) is 15.1. The predicted molar refractivity (Wildman–Crippen MR) is 245 cm³/mol. The Hall–Kier alpha value is -6.68. The third kappa shape index (κ3) is 15.1. The largest absolute Gasteiger partial charge is 0.494 e. The summed E-state index contributed by atoms with van der Waals surface area (Å²) in [7, 11) is 0. The average molecular weight is 833 g/mol. The maximum Gasteiger partial charge on any atom is 0.311 e. The van der Waals surface area contributed by atoms with Crippen molar-refractivity contribution in [2.45, 2.75) is 90.9 Å². The number of azo groups is 2. The molecule has 0 unspecified atom stereocenters. The fraction of sp³-hybridized carbons (Fsp3) is 0.308. The molecule has 0 radical (unpaired) electrons. The Kier molecular flexibility index (Phi) is 17.8. The SMILES string of the molecule is CCCCc1ccc(N=Nc2ccc(OCCCCC(=O)Oc3cc(OC(=O)CCCCOc4ccc(N=Nc5ccc(CCCC)cc5)cc4)c4ccccc4c3)cc2)cc1. The Morgan fingerprint density at radius 1 is 0.452 bits per heavy atom. The number of carbonyl (C=O) groups excluding carboxylic acids is 2. The molecule has 0 aliphatic rings. The number of aryl methyl sites for hydroxylation is 2. The molecule has 0 bridgehead atoms. The van der Waals surface area contributed by atoms with Crippen molar-refractivity contribution in [3.05, 3.63) is 145 Å². The zero-order valence-corrected chi connectivity index (χ0v) is 35.8. The summed E-state index contributed by atoms with van der Waals surface area (Å²) in [6, 6.07) is 42.2. The van der Waals surface area contributed by atoms with Crippen molar-refractivity contribution in [2.75, 3.05) is 13.2 Å². The normalized spacial score (nSPS) is 11.3. The Morgan fingerprint density at radius 3 is 1.35 bits per heavy atom. The number of rotatable bonds is 24. The van der Waals surface area contributed by atoms with E-state index in [1.165, 1.54) is 36.8 Å². The summed E-state index contributed by atoms with van der Waals surface area (Å²) in [5.74, 6) is 1.38. The van der Waals surface area contributed by atoms with Gasteiger partial charge < -0.3 is 18.9 Å². The standard InChI is InChI=1S/C52H56N4O6/c1-3-5-13-39-19-23-42(24-20-39)53-55-44-27-31-46(32-28-44)59-35-11-9-17-51(57)61-48-37-41-15-7-8-16-49(41)50(38-48)62-52(58)18-10-12-36-60-47-33-29-45(30-34-47)56-54-43-25-21-40(22-26-43)14-6-4-2/h7-8,15-16,19-34,37-38H,3-6,9-14,17-18,35-36H2,1-2H3. The first-order valence-corrected chi connectivity index (χ1v) is 21.9. The molecule has 0 aliphatic heterocycles. The summed E-state index contributed by atoms with van der Waals surface area (Å²) in [6.07, 6.45) is 9.83. The van der Waals surface area contributed by atoms with Crippen LogP contribution in [-0.4, -0.2) is 25.2 Å². The molecule has 62 heavy (non-hydrogen) atoms. The van der Waals surface area contributed by atoms with E-state index in [-0.39, 0.29) is 24.8 Å². The number of hydrogen-bond donors (Lipinski definition) is 0.